The molecular formula is C22H33N3O5S2. The van der Waals surface area contributed by atoms with Gasteiger partial charge in [-0.15, -0.1) is 0 Å². The van der Waals surface area contributed by atoms with Gasteiger partial charge in [0.1, 0.15) is 0 Å². The third-order valence-corrected chi connectivity index (χ3v) is 10.6. The Labute approximate surface area is 191 Å². The maximum Gasteiger partial charge on any atom is 0.243 e. The van der Waals surface area contributed by atoms with Crippen molar-refractivity contribution in [2.75, 3.05) is 43.0 Å². The number of hydrogen-bond acceptors (Lipinski definition) is 6. The molecule has 32 heavy (non-hydrogen) atoms. The van der Waals surface area contributed by atoms with Crippen LogP contribution in [0.15, 0.2) is 29.2 Å². The van der Waals surface area contributed by atoms with Crippen LogP contribution >= 0.6 is 0 Å². The summed E-state index contributed by atoms with van der Waals surface area (Å²) in [5.41, 5.74) is 0.592. The number of likely N-dealkylation sites (tertiary alicyclic amines) is 1. The first kappa shape index (κ1) is 23.7. The molecule has 3 aliphatic heterocycles. The summed E-state index contributed by atoms with van der Waals surface area (Å²) in [6.45, 7) is 2.58. The molecule has 0 spiro atoms. The van der Waals surface area contributed by atoms with Gasteiger partial charge in [-0.2, -0.15) is 4.31 Å². The Balaban J connectivity index is 1.30. The lowest BCUT2D eigenvalue weighted by Crippen LogP contribution is -2.44. The van der Waals surface area contributed by atoms with Crippen molar-refractivity contribution in [2.24, 2.45) is 5.92 Å². The third kappa shape index (κ3) is 5.52. The molecule has 1 atom stereocenters. The molecule has 0 unspecified atom stereocenters. The molecule has 3 aliphatic rings. The van der Waals surface area contributed by atoms with E-state index >= 15 is 0 Å². The first-order chi connectivity index (χ1) is 15.2. The summed E-state index contributed by atoms with van der Waals surface area (Å²) in [7, 11) is -6.41. The standard InChI is InChI=1S/C22H33N3O5S2/c26-22(18-9-14-24(15-10-18)20-11-16-31(27,28)17-20)23-19-5-7-21(8-6-19)32(29,30)25-12-3-1-2-4-13-25/h5-8,18,20H,1-4,9-17H2,(H,23,26)/t20-/m1/s1. The normalized spacial score (nSPS) is 25.9. The number of carbonyl (C=O) groups excluding carboxylic acids is 1. The molecule has 1 aromatic rings. The fourth-order valence-corrected chi connectivity index (χ4v) is 8.25. The molecule has 10 heteroatoms. The van der Waals surface area contributed by atoms with Gasteiger partial charge in [0, 0.05) is 30.7 Å². The molecule has 0 saturated carbocycles. The Bertz CT molecular complexity index is 1010. The summed E-state index contributed by atoms with van der Waals surface area (Å²) in [5, 5.41) is 2.92. The van der Waals surface area contributed by atoms with Crippen molar-refractivity contribution in [3.8, 4) is 0 Å². The highest BCUT2D eigenvalue weighted by molar-refractivity contribution is 7.91. The van der Waals surface area contributed by atoms with E-state index in [1.54, 1.807) is 28.6 Å². The Morgan fingerprint density at radius 3 is 2.09 bits per heavy atom. The van der Waals surface area contributed by atoms with Gasteiger partial charge in [0.05, 0.1) is 16.4 Å². The number of amides is 1. The van der Waals surface area contributed by atoms with E-state index in [-0.39, 0.29) is 34.3 Å². The van der Waals surface area contributed by atoms with Crippen LogP contribution in [0.2, 0.25) is 0 Å². The number of nitrogens with zero attached hydrogens (tertiary/aromatic N) is 2. The number of sulfonamides is 1. The fraction of sp³-hybridized carbons (Fsp3) is 0.682. The fourth-order valence-electron chi connectivity index (χ4n) is 4.98. The van der Waals surface area contributed by atoms with Crippen LogP contribution in [0.25, 0.3) is 0 Å². The minimum absolute atomic E-state index is 0.0631. The Morgan fingerprint density at radius 2 is 1.53 bits per heavy atom. The third-order valence-electron chi connectivity index (χ3n) is 6.95. The maximum absolute atomic E-state index is 12.9. The molecule has 3 saturated heterocycles. The minimum atomic E-state index is -3.50. The first-order valence-corrected chi connectivity index (χ1v) is 14.9. The van der Waals surface area contributed by atoms with Gasteiger partial charge in [-0.25, -0.2) is 16.8 Å². The van der Waals surface area contributed by atoms with Gasteiger partial charge in [-0.05, 0) is 69.5 Å². The maximum atomic E-state index is 12.9. The van der Waals surface area contributed by atoms with Crippen LogP contribution in [0.4, 0.5) is 5.69 Å². The van der Waals surface area contributed by atoms with Crippen LogP contribution in [-0.2, 0) is 24.7 Å². The molecule has 1 aromatic carbocycles. The lowest BCUT2D eigenvalue weighted by molar-refractivity contribution is -0.121. The summed E-state index contributed by atoms with van der Waals surface area (Å²) in [4.78, 5) is 15.2. The number of benzene rings is 1. The van der Waals surface area contributed by atoms with E-state index in [1.807, 2.05) is 0 Å². The van der Waals surface area contributed by atoms with Gasteiger partial charge in [0.2, 0.25) is 15.9 Å². The summed E-state index contributed by atoms with van der Waals surface area (Å²) in [6.07, 6.45) is 6.00. The van der Waals surface area contributed by atoms with E-state index < -0.39 is 19.9 Å². The van der Waals surface area contributed by atoms with Crippen molar-refractivity contribution in [3.05, 3.63) is 24.3 Å². The zero-order chi connectivity index (χ0) is 22.8. The Hall–Kier alpha value is -1.49. The second-order valence-electron chi connectivity index (χ2n) is 9.20. The second kappa shape index (κ2) is 9.79. The van der Waals surface area contributed by atoms with Gasteiger partial charge in [-0.3, -0.25) is 9.69 Å². The molecule has 1 N–H and O–H groups in total. The zero-order valence-corrected chi connectivity index (χ0v) is 20.0. The van der Waals surface area contributed by atoms with Crippen LogP contribution in [0.5, 0.6) is 0 Å². The number of hydrogen-bond donors (Lipinski definition) is 1. The van der Waals surface area contributed by atoms with Crippen molar-refractivity contribution in [2.45, 2.75) is 55.9 Å². The predicted octanol–water partition coefficient (Wildman–Crippen LogP) is 2.09. The summed E-state index contributed by atoms with van der Waals surface area (Å²) in [6, 6.07) is 6.53. The monoisotopic (exact) mass is 483 g/mol. The number of rotatable bonds is 5. The molecule has 1 amide bonds. The molecule has 178 valence electrons. The highest BCUT2D eigenvalue weighted by Gasteiger charge is 2.35. The summed E-state index contributed by atoms with van der Waals surface area (Å²) >= 11 is 0. The van der Waals surface area contributed by atoms with E-state index in [2.05, 4.69) is 10.2 Å². The van der Waals surface area contributed by atoms with E-state index in [0.29, 0.717) is 38.0 Å². The number of nitrogens with one attached hydrogen (secondary N) is 1. The highest BCUT2D eigenvalue weighted by atomic mass is 32.2. The van der Waals surface area contributed by atoms with Crippen molar-refractivity contribution < 1.29 is 21.6 Å². The molecule has 3 fully saturated rings. The lowest BCUT2D eigenvalue weighted by Gasteiger charge is -2.34. The smallest absolute Gasteiger partial charge is 0.243 e. The van der Waals surface area contributed by atoms with E-state index in [0.717, 1.165) is 38.8 Å². The van der Waals surface area contributed by atoms with Crippen LogP contribution in [0.3, 0.4) is 0 Å². The number of sulfone groups is 1. The van der Waals surface area contributed by atoms with Crippen molar-refractivity contribution in [1.29, 1.82) is 0 Å². The Kier molecular flexibility index (Phi) is 7.24. The minimum Gasteiger partial charge on any atom is -0.326 e. The summed E-state index contributed by atoms with van der Waals surface area (Å²) in [5.74, 6) is 0.314. The van der Waals surface area contributed by atoms with E-state index in [4.69, 9.17) is 0 Å². The van der Waals surface area contributed by atoms with Crippen molar-refractivity contribution in [3.63, 3.8) is 0 Å². The van der Waals surface area contributed by atoms with Gasteiger partial charge in [0.25, 0.3) is 0 Å². The average Bonchev–Trinajstić information content (AvgIpc) is 2.96. The first-order valence-electron chi connectivity index (χ1n) is 11.6. The SMILES string of the molecule is O=C(Nc1ccc(S(=O)(=O)N2CCCCCC2)cc1)C1CCN([C@@H]2CCS(=O)(=O)C2)CC1. The van der Waals surface area contributed by atoms with Crippen LogP contribution in [-0.4, -0.2) is 75.7 Å². The van der Waals surface area contributed by atoms with Gasteiger partial charge in [-0.1, -0.05) is 12.8 Å². The molecular weight excluding hydrogens is 450 g/mol. The number of anilines is 1. The average molecular weight is 484 g/mol. The summed E-state index contributed by atoms with van der Waals surface area (Å²) < 4.78 is 50.8. The molecule has 3 heterocycles. The molecule has 0 radical (unpaired) electrons. The molecule has 8 nitrogen and oxygen atoms in total. The topological polar surface area (TPSA) is 104 Å². The van der Waals surface area contributed by atoms with E-state index in [9.17, 15) is 21.6 Å². The largest absolute Gasteiger partial charge is 0.326 e. The zero-order valence-electron chi connectivity index (χ0n) is 18.4. The lowest BCUT2D eigenvalue weighted by atomic mass is 9.94. The number of carbonyl (C=O) groups is 1. The molecule has 4 rings (SSSR count). The van der Waals surface area contributed by atoms with Crippen LogP contribution in [0.1, 0.15) is 44.9 Å². The van der Waals surface area contributed by atoms with Gasteiger partial charge >= 0.3 is 0 Å². The van der Waals surface area contributed by atoms with Crippen molar-refractivity contribution in [1.82, 2.24) is 9.21 Å². The van der Waals surface area contributed by atoms with Gasteiger partial charge < -0.3 is 5.32 Å². The molecule has 0 aliphatic carbocycles. The second-order valence-corrected chi connectivity index (χ2v) is 13.4. The highest BCUT2D eigenvalue weighted by Crippen LogP contribution is 2.26. The van der Waals surface area contributed by atoms with Crippen LogP contribution < -0.4 is 5.32 Å². The van der Waals surface area contributed by atoms with E-state index in [1.165, 1.54) is 0 Å². The molecule has 0 bridgehead atoms. The van der Waals surface area contributed by atoms with Crippen LogP contribution in [0, 0.1) is 5.92 Å². The van der Waals surface area contributed by atoms with Crippen molar-refractivity contribution >= 4 is 31.5 Å². The molecule has 0 aromatic heterocycles. The number of piperidine rings is 1. The Morgan fingerprint density at radius 1 is 0.906 bits per heavy atom. The predicted molar refractivity (Wildman–Crippen MR) is 124 cm³/mol. The quantitative estimate of drug-likeness (QED) is 0.688. The van der Waals surface area contributed by atoms with Gasteiger partial charge in [0.15, 0.2) is 9.84 Å².